The molecule has 0 aliphatic heterocycles. The van der Waals surface area contributed by atoms with Gasteiger partial charge in [-0.15, -0.1) is 0 Å². The van der Waals surface area contributed by atoms with Crippen molar-refractivity contribution in [2.75, 3.05) is 13.7 Å². The summed E-state index contributed by atoms with van der Waals surface area (Å²) in [5, 5.41) is 4.03. The van der Waals surface area contributed by atoms with Crippen LogP contribution in [0.1, 0.15) is 27.3 Å². The lowest BCUT2D eigenvalue weighted by Gasteiger charge is -2.10. The smallest absolute Gasteiger partial charge is 0.337 e. The van der Waals surface area contributed by atoms with E-state index in [1.807, 2.05) is 54.8 Å². The minimum Gasteiger partial charge on any atom is -0.484 e. The van der Waals surface area contributed by atoms with E-state index in [0.29, 0.717) is 11.3 Å². The summed E-state index contributed by atoms with van der Waals surface area (Å²) in [5.41, 5.74) is 6.70. The number of carbonyl (C=O) groups excluding carboxylic acids is 2. The van der Waals surface area contributed by atoms with Gasteiger partial charge in [0.2, 0.25) is 0 Å². The van der Waals surface area contributed by atoms with Gasteiger partial charge in [-0.2, -0.15) is 5.10 Å². The number of rotatable bonds is 7. The summed E-state index contributed by atoms with van der Waals surface area (Å²) in [6.07, 6.45) is 1.60. The van der Waals surface area contributed by atoms with E-state index in [4.69, 9.17) is 9.47 Å². The number of aryl methyl sites for hydroxylation is 1. The van der Waals surface area contributed by atoms with Crippen LogP contribution in [0.3, 0.4) is 0 Å². The first-order valence-electron chi connectivity index (χ1n) is 9.37. The summed E-state index contributed by atoms with van der Waals surface area (Å²) in [7, 11) is 1.36. The second kappa shape index (κ2) is 9.56. The van der Waals surface area contributed by atoms with Crippen molar-refractivity contribution in [1.82, 2.24) is 9.99 Å². The number of benzene rings is 2. The van der Waals surface area contributed by atoms with Crippen LogP contribution in [0, 0.1) is 13.8 Å². The van der Waals surface area contributed by atoms with E-state index in [9.17, 15) is 9.59 Å². The zero-order chi connectivity index (χ0) is 21.5. The van der Waals surface area contributed by atoms with E-state index in [0.717, 1.165) is 22.6 Å². The number of nitrogens with zero attached hydrogens (tertiary/aromatic N) is 2. The van der Waals surface area contributed by atoms with Gasteiger partial charge in [-0.1, -0.05) is 18.2 Å². The third-order valence-electron chi connectivity index (χ3n) is 4.52. The number of nitrogens with one attached hydrogen (secondary N) is 1. The van der Waals surface area contributed by atoms with Crippen molar-refractivity contribution in [2.24, 2.45) is 5.10 Å². The lowest BCUT2D eigenvalue weighted by molar-refractivity contribution is -0.123. The number of hydrazone groups is 1. The Hall–Kier alpha value is -3.87. The molecule has 0 bridgehead atoms. The van der Waals surface area contributed by atoms with Crippen LogP contribution < -0.4 is 10.2 Å². The quantitative estimate of drug-likeness (QED) is 0.371. The van der Waals surface area contributed by atoms with Crippen molar-refractivity contribution in [3.63, 3.8) is 0 Å². The summed E-state index contributed by atoms with van der Waals surface area (Å²) in [4.78, 5) is 23.5. The fourth-order valence-corrected chi connectivity index (χ4v) is 3.05. The van der Waals surface area contributed by atoms with E-state index in [2.05, 4.69) is 10.5 Å². The number of esters is 1. The molecule has 154 valence electrons. The molecule has 1 aromatic heterocycles. The standard InChI is InChI=1S/C23H23N3O4/c1-16-13-19(14-24-25-22(27)15-30-21-7-5-4-6-8-21)17(2)26(16)20-11-9-18(10-12-20)23(28)29-3/h4-14H,15H2,1-3H3,(H,25,27)/b24-14-. The van der Waals surface area contributed by atoms with Gasteiger partial charge in [0, 0.05) is 22.6 Å². The number of amides is 1. The first-order chi connectivity index (χ1) is 14.5. The molecule has 1 N–H and O–H groups in total. The van der Waals surface area contributed by atoms with Crippen molar-refractivity contribution in [3.8, 4) is 11.4 Å². The molecule has 0 saturated heterocycles. The first kappa shape index (κ1) is 20.9. The topological polar surface area (TPSA) is 81.9 Å². The number of aromatic nitrogens is 1. The molecule has 7 heteroatoms. The number of hydrogen-bond acceptors (Lipinski definition) is 5. The molecule has 0 saturated carbocycles. The maximum absolute atomic E-state index is 11.9. The summed E-state index contributed by atoms with van der Waals surface area (Å²) < 4.78 is 12.2. The minimum atomic E-state index is -0.373. The van der Waals surface area contributed by atoms with Crippen LogP contribution in [0.5, 0.6) is 5.75 Å². The lowest BCUT2D eigenvalue weighted by atomic mass is 10.2. The van der Waals surface area contributed by atoms with Crippen molar-refractivity contribution in [3.05, 3.63) is 83.2 Å². The Labute approximate surface area is 174 Å². The Morgan fingerprint density at radius 3 is 2.43 bits per heavy atom. The van der Waals surface area contributed by atoms with Crippen molar-refractivity contribution < 1.29 is 19.1 Å². The molecular formula is C23H23N3O4. The Morgan fingerprint density at radius 1 is 1.07 bits per heavy atom. The van der Waals surface area contributed by atoms with Gasteiger partial charge in [-0.3, -0.25) is 4.79 Å². The second-order valence-corrected chi connectivity index (χ2v) is 6.60. The van der Waals surface area contributed by atoms with Gasteiger partial charge in [0.1, 0.15) is 5.75 Å². The number of para-hydroxylation sites is 1. The molecule has 0 radical (unpaired) electrons. The van der Waals surface area contributed by atoms with Crippen LogP contribution in [0.25, 0.3) is 5.69 Å². The van der Waals surface area contributed by atoms with Crippen molar-refractivity contribution >= 4 is 18.1 Å². The highest BCUT2D eigenvalue weighted by Crippen LogP contribution is 2.20. The number of carbonyl (C=O) groups is 2. The molecule has 1 heterocycles. The molecule has 30 heavy (non-hydrogen) atoms. The third-order valence-corrected chi connectivity index (χ3v) is 4.52. The predicted molar refractivity (Wildman–Crippen MR) is 114 cm³/mol. The number of methoxy groups -OCH3 is 1. The molecule has 3 aromatic rings. The molecule has 2 aromatic carbocycles. The first-order valence-corrected chi connectivity index (χ1v) is 9.37. The molecule has 0 aliphatic rings. The minimum absolute atomic E-state index is 0.118. The fourth-order valence-electron chi connectivity index (χ4n) is 3.05. The largest absolute Gasteiger partial charge is 0.484 e. The van der Waals surface area contributed by atoms with Gasteiger partial charge >= 0.3 is 5.97 Å². The fraction of sp³-hybridized carbons (Fsp3) is 0.174. The van der Waals surface area contributed by atoms with Gasteiger partial charge in [-0.25, -0.2) is 10.2 Å². The SMILES string of the molecule is COC(=O)c1ccc(-n2c(C)cc(/C=N\NC(=O)COc3ccccc3)c2C)cc1. The summed E-state index contributed by atoms with van der Waals surface area (Å²) >= 11 is 0. The number of ether oxygens (including phenoxy) is 2. The summed E-state index contributed by atoms with van der Waals surface area (Å²) in [6, 6.07) is 18.2. The predicted octanol–water partition coefficient (Wildman–Crippen LogP) is 3.41. The van der Waals surface area contributed by atoms with Crippen LogP contribution >= 0.6 is 0 Å². The lowest BCUT2D eigenvalue weighted by Crippen LogP contribution is -2.24. The highest BCUT2D eigenvalue weighted by molar-refractivity contribution is 5.89. The van der Waals surface area contributed by atoms with Crippen LogP contribution in [0.2, 0.25) is 0 Å². The molecule has 3 rings (SSSR count). The highest BCUT2D eigenvalue weighted by atomic mass is 16.5. The van der Waals surface area contributed by atoms with E-state index in [1.165, 1.54) is 7.11 Å². The van der Waals surface area contributed by atoms with E-state index in [-0.39, 0.29) is 18.5 Å². The molecule has 1 amide bonds. The van der Waals surface area contributed by atoms with Gasteiger partial charge in [0.25, 0.3) is 5.91 Å². The second-order valence-electron chi connectivity index (χ2n) is 6.60. The molecule has 0 spiro atoms. The Kier molecular flexibility index (Phi) is 6.64. The maximum atomic E-state index is 11.9. The molecule has 0 atom stereocenters. The molecule has 0 unspecified atom stereocenters. The van der Waals surface area contributed by atoms with Crippen molar-refractivity contribution in [1.29, 1.82) is 0 Å². The van der Waals surface area contributed by atoms with Crippen LogP contribution in [0.4, 0.5) is 0 Å². The Morgan fingerprint density at radius 2 is 1.77 bits per heavy atom. The van der Waals surface area contributed by atoms with E-state index >= 15 is 0 Å². The molecular weight excluding hydrogens is 382 g/mol. The molecule has 7 nitrogen and oxygen atoms in total. The highest BCUT2D eigenvalue weighted by Gasteiger charge is 2.11. The van der Waals surface area contributed by atoms with Crippen molar-refractivity contribution in [2.45, 2.75) is 13.8 Å². The van der Waals surface area contributed by atoms with Gasteiger partial charge < -0.3 is 14.0 Å². The zero-order valence-electron chi connectivity index (χ0n) is 17.1. The summed E-state index contributed by atoms with van der Waals surface area (Å²) in [6.45, 7) is 3.82. The van der Waals surface area contributed by atoms with Gasteiger partial charge in [0.05, 0.1) is 18.9 Å². The molecule has 0 aliphatic carbocycles. The number of hydrogen-bond donors (Lipinski definition) is 1. The average Bonchev–Trinajstić information content (AvgIpc) is 3.05. The zero-order valence-corrected chi connectivity index (χ0v) is 17.1. The van der Waals surface area contributed by atoms with Crippen LogP contribution in [-0.4, -0.2) is 36.4 Å². The average molecular weight is 405 g/mol. The van der Waals surface area contributed by atoms with E-state index < -0.39 is 0 Å². The van der Waals surface area contributed by atoms with E-state index in [1.54, 1.807) is 30.5 Å². The monoisotopic (exact) mass is 405 g/mol. The Bertz CT molecular complexity index is 1050. The van der Waals surface area contributed by atoms with Gasteiger partial charge in [-0.05, 0) is 56.3 Å². The van der Waals surface area contributed by atoms with Gasteiger partial charge in [0.15, 0.2) is 6.61 Å². The normalized spacial score (nSPS) is 10.8. The van der Waals surface area contributed by atoms with Crippen LogP contribution in [-0.2, 0) is 9.53 Å². The Balaban J connectivity index is 1.65. The maximum Gasteiger partial charge on any atom is 0.337 e. The summed E-state index contributed by atoms with van der Waals surface area (Å²) in [5.74, 6) is -0.0944. The molecule has 0 fully saturated rings. The van der Waals surface area contributed by atoms with Crippen LogP contribution in [0.15, 0.2) is 65.8 Å². The third kappa shape index (κ3) is 4.94.